The van der Waals surface area contributed by atoms with Gasteiger partial charge in [-0.15, -0.1) is 0 Å². The van der Waals surface area contributed by atoms with Gasteiger partial charge in [0, 0.05) is 28.8 Å². The summed E-state index contributed by atoms with van der Waals surface area (Å²) in [6.07, 6.45) is 0. The molecular weight excluding hydrogens is 1460 g/mol. The Balaban J connectivity index is 0.000000149. The molecule has 0 aliphatic carbocycles. The average Bonchev–Trinajstić information content (AvgIpc) is 0.641. The Bertz CT molecular complexity index is 6030. The zero-order valence-electron chi connectivity index (χ0n) is 66.7. The fraction of sp³-hybridized carbons (Fsp3) is 0.0714. The largest absolute Gasteiger partial charge is 0.335 e. The molecule has 4 aliphatic heterocycles. The molecule has 16 aromatic carbocycles. The van der Waals surface area contributed by atoms with Crippen molar-refractivity contribution in [3.63, 3.8) is 0 Å². The Morgan fingerprint density at radius 3 is 0.558 bits per heavy atom. The van der Waals surface area contributed by atoms with E-state index in [-0.39, 0.29) is 0 Å². The van der Waals surface area contributed by atoms with Crippen LogP contribution in [0.25, 0.3) is 0 Å². The van der Waals surface area contributed by atoms with Crippen LogP contribution in [0.2, 0.25) is 0 Å². The maximum absolute atomic E-state index is 5.27. The van der Waals surface area contributed by atoms with Gasteiger partial charge in [-0.2, -0.15) is 0 Å². The molecule has 0 spiro atoms. The second-order valence-corrected chi connectivity index (χ2v) is 31.4. The van der Waals surface area contributed by atoms with Crippen LogP contribution in [0.1, 0.15) is 112 Å². The van der Waals surface area contributed by atoms with Crippen molar-refractivity contribution < 1.29 is 0 Å². The number of fused-ring (bicyclic) bond motifs is 8. The van der Waals surface area contributed by atoms with E-state index in [1.807, 2.05) is 13.8 Å². The summed E-state index contributed by atoms with van der Waals surface area (Å²) in [4.78, 5) is 30.4. The standard InChI is InChI=1S/C57H44N4.C55H40N4/c1-41-58-46(39-60-52-34-18-14-30-48(52)56(42-22-6-2-7-23-42,43-24-8-3-9-25-43)49-31-15-19-35-53(49)60)38-47(59-41)40-61-54-36-20-16-32-50(54)57(44-26-10-4-11-27-44,45-28-12-5-13-29-45)51-33-17-21-37-55(51)61;1-39-56-52(58-48-34-18-14-30-44(48)54(40-22-6-2-7-23-40,41-24-8-3-9-25-41)45-31-15-19-35-49(45)58)38-53(57-39)59-50-36-20-16-32-46(50)55(42-26-10-4-11-27-42,43-28-12-5-13-29-43)47-33-17-21-37-51(47)59/h2-38H,39-40H2,1H3;2-38H,1H3. The maximum Gasteiger partial charge on any atom is 0.143 e. The molecule has 0 saturated heterocycles. The number of rotatable bonds is 14. The first kappa shape index (κ1) is 72.6. The number of benzene rings is 16. The molecule has 120 heavy (non-hydrogen) atoms. The van der Waals surface area contributed by atoms with E-state index in [4.69, 9.17) is 19.9 Å². The summed E-state index contributed by atoms with van der Waals surface area (Å²) in [6, 6.07) is 163. The van der Waals surface area contributed by atoms with E-state index in [9.17, 15) is 0 Å². The van der Waals surface area contributed by atoms with Crippen LogP contribution in [0, 0.1) is 13.8 Å². The molecule has 0 atom stereocenters. The lowest BCUT2D eigenvalue weighted by atomic mass is 9.62. The van der Waals surface area contributed by atoms with Crippen molar-refractivity contribution in [2.24, 2.45) is 0 Å². The third-order valence-electron chi connectivity index (χ3n) is 25.1. The molecule has 572 valence electrons. The van der Waals surface area contributed by atoms with Gasteiger partial charge in [0.15, 0.2) is 0 Å². The highest BCUT2D eigenvalue weighted by Crippen LogP contribution is 2.63. The minimum Gasteiger partial charge on any atom is -0.335 e. The van der Waals surface area contributed by atoms with E-state index in [0.717, 1.165) is 51.6 Å². The predicted molar refractivity (Wildman–Crippen MR) is 488 cm³/mol. The normalized spacial score (nSPS) is 14.3. The topological polar surface area (TPSA) is 64.5 Å². The molecule has 22 rings (SSSR count). The molecule has 4 aliphatic rings. The summed E-state index contributed by atoms with van der Waals surface area (Å²) in [5.74, 6) is 3.06. The SMILES string of the molecule is Cc1nc(CN2c3ccccc3C(c3ccccc3)(c3ccccc3)c3ccccc32)cc(CN2c3ccccc3C(c3ccccc3)(c3ccccc3)c3ccccc32)n1.Cc1nc(N2c3ccccc3C(c3ccccc3)(c3ccccc3)c3ccccc32)cc(N2c3ccccc3C(c3ccccc3)(c3ccccc3)c3ccccc32)n1. The Labute approximate surface area is 701 Å². The summed E-state index contributed by atoms with van der Waals surface area (Å²) >= 11 is 0. The number of aryl methyl sites for hydroxylation is 2. The highest BCUT2D eigenvalue weighted by molar-refractivity contribution is 5.93. The van der Waals surface area contributed by atoms with Crippen LogP contribution in [0.4, 0.5) is 57.1 Å². The smallest absolute Gasteiger partial charge is 0.143 e. The van der Waals surface area contributed by atoms with Crippen molar-refractivity contribution in [1.82, 2.24) is 19.9 Å². The predicted octanol–water partition coefficient (Wildman–Crippen LogP) is 26.0. The van der Waals surface area contributed by atoms with Gasteiger partial charge in [-0.1, -0.05) is 388 Å². The molecule has 0 amide bonds. The second kappa shape index (κ2) is 30.2. The van der Waals surface area contributed by atoms with Gasteiger partial charge in [0.25, 0.3) is 0 Å². The van der Waals surface area contributed by atoms with Gasteiger partial charge in [0.2, 0.25) is 0 Å². The summed E-state index contributed by atoms with van der Waals surface area (Å²) in [5.41, 5.74) is 28.4. The lowest BCUT2D eigenvalue weighted by molar-refractivity contribution is 0.707. The molecule has 0 fully saturated rings. The van der Waals surface area contributed by atoms with Gasteiger partial charge in [-0.05, 0) is 157 Å². The third-order valence-corrected chi connectivity index (χ3v) is 25.1. The van der Waals surface area contributed by atoms with Crippen LogP contribution in [-0.4, -0.2) is 19.9 Å². The van der Waals surface area contributed by atoms with E-state index < -0.39 is 21.7 Å². The number of hydrogen-bond donors (Lipinski definition) is 0. The Hall–Kier alpha value is -15.1. The van der Waals surface area contributed by atoms with Crippen molar-refractivity contribution in [1.29, 1.82) is 0 Å². The fourth-order valence-corrected chi connectivity index (χ4v) is 20.6. The molecule has 0 N–H and O–H groups in total. The van der Waals surface area contributed by atoms with E-state index in [1.165, 1.54) is 112 Å². The van der Waals surface area contributed by atoms with Gasteiger partial charge < -0.3 is 9.80 Å². The quantitative estimate of drug-likeness (QED) is 0.107. The van der Waals surface area contributed by atoms with Crippen LogP contribution in [0.3, 0.4) is 0 Å². The van der Waals surface area contributed by atoms with Crippen molar-refractivity contribution in [2.45, 2.75) is 48.6 Å². The maximum atomic E-state index is 5.27. The van der Waals surface area contributed by atoms with Crippen LogP contribution in [0.5, 0.6) is 0 Å². The zero-order chi connectivity index (χ0) is 80.2. The minimum absolute atomic E-state index is 0.511. The van der Waals surface area contributed by atoms with Gasteiger partial charge in [-0.25, -0.2) is 19.9 Å². The summed E-state index contributed by atoms with van der Waals surface area (Å²) in [7, 11) is 0. The minimum atomic E-state index is -0.569. The number of aromatic nitrogens is 4. The first-order chi connectivity index (χ1) is 59.4. The fourth-order valence-electron chi connectivity index (χ4n) is 20.6. The summed E-state index contributed by atoms with van der Waals surface area (Å²) < 4.78 is 0. The van der Waals surface area contributed by atoms with Crippen LogP contribution in [0.15, 0.2) is 449 Å². The Kier molecular flexibility index (Phi) is 18.2. The summed E-state index contributed by atoms with van der Waals surface area (Å²) in [6.45, 7) is 5.20. The zero-order valence-corrected chi connectivity index (χ0v) is 66.7. The highest BCUT2D eigenvalue weighted by atomic mass is 15.3. The van der Waals surface area contributed by atoms with E-state index in [0.29, 0.717) is 18.9 Å². The Morgan fingerprint density at radius 2 is 0.350 bits per heavy atom. The molecule has 0 radical (unpaired) electrons. The molecule has 8 heteroatoms. The van der Waals surface area contributed by atoms with Gasteiger partial charge in [-0.3, -0.25) is 9.80 Å². The summed E-state index contributed by atoms with van der Waals surface area (Å²) in [5, 5.41) is 0. The average molecular weight is 1540 g/mol. The number of para-hydroxylation sites is 8. The third kappa shape index (κ3) is 11.5. The first-order valence-corrected chi connectivity index (χ1v) is 41.4. The molecule has 6 heterocycles. The first-order valence-electron chi connectivity index (χ1n) is 41.4. The van der Waals surface area contributed by atoms with E-state index in [1.54, 1.807) is 0 Å². The molecule has 18 aromatic rings. The molecule has 0 unspecified atom stereocenters. The number of nitrogens with zero attached hydrogens (tertiary/aromatic N) is 8. The molecular formula is C112H84N8. The van der Waals surface area contributed by atoms with Gasteiger partial charge in [0.1, 0.15) is 23.3 Å². The van der Waals surface area contributed by atoms with Crippen molar-refractivity contribution in [3.05, 3.63) is 561 Å². The number of hydrogen-bond acceptors (Lipinski definition) is 8. The van der Waals surface area contributed by atoms with Crippen molar-refractivity contribution >= 4 is 57.1 Å². The number of anilines is 10. The van der Waals surface area contributed by atoms with Crippen molar-refractivity contribution in [3.8, 4) is 0 Å². The Morgan fingerprint density at radius 1 is 0.183 bits per heavy atom. The highest BCUT2D eigenvalue weighted by Gasteiger charge is 2.51. The van der Waals surface area contributed by atoms with Crippen LogP contribution < -0.4 is 19.6 Å². The lowest BCUT2D eigenvalue weighted by Gasteiger charge is -2.47. The monoisotopic (exact) mass is 1540 g/mol. The molecule has 8 nitrogen and oxygen atoms in total. The lowest BCUT2D eigenvalue weighted by Crippen LogP contribution is -2.39. The molecule has 0 saturated carbocycles. The van der Waals surface area contributed by atoms with Gasteiger partial charge in [0.05, 0.1) is 68.9 Å². The van der Waals surface area contributed by atoms with Crippen LogP contribution >= 0.6 is 0 Å². The van der Waals surface area contributed by atoms with E-state index in [2.05, 4.69) is 469 Å². The van der Waals surface area contributed by atoms with E-state index >= 15 is 0 Å². The van der Waals surface area contributed by atoms with Crippen LogP contribution in [-0.2, 0) is 34.7 Å². The molecule has 0 bridgehead atoms. The second-order valence-electron chi connectivity index (χ2n) is 31.4. The molecule has 2 aromatic heterocycles. The van der Waals surface area contributed by atoms with Gasteiger partial charge >= 0.3 is 0 Å². The van der Waals surface area contributed by atoms with Crippen molar-refractivity contribution in [2.75, 3.05) is 19.6 Å².